The van der Waals surface area contributed by atoms with Gasteiger partial charge in [0.1, 0.15) is 11.8 Å². The maximum atomic E-state index is 13.4. The molecule has 38 heavy (non-hydrogen) atoms. The fourth-order valence-electron chi connectivity index (χ4n) is 3.71. The van der Waals surface area contributed by atoms with E-state index in [0.29, 0.717) is 27.0 Å². The molecule has 8 nitrogen and oxygen atoms in total. The van der Waals surface area contributed by atoms with Gasteiger partial charge in [-0.3, -0.25) is 13.9 Å². The topological polar surface area (TPSA) is 96.0 Å². The van der Waals surface area contributed by atoms with E-state index in [-0.39, 0.29) is 42.8 Å². The highest BCUT2D eigenvalue weighted by Gasteiger charge is 2.29. The van der Waals surface area contributed by atoms with E-state index in [1.807, 2.05) is 20.8 Å². The molecule has 210 valence electrons. The number of sulfonamides is 1. The van der Waals surface area contributed by atoms with Crippen LogP contribution in [0.4, 0.5) is 5.69 Å². The third-order valence-electron chi connectivity index (χ3n) is 5.58. The maximum Gasteiger partial charge on any atom is 0.242 e. The highest BCUT2D eigenvalue weighted by Crippen LogP contribution is 2.30. The predicted octanol–water partition coefficient (Wildman–Crippen LogP) is 5.53. The van der Waals surface area contributed by atoms with Crippen LogP contribution in [0, 0.1) is 0 Å². The third kappa shape index (κ3) is 9.22. The molecule has 12 heteroatoms. The van der Waals surface area contributed by atoms with E-state index in [1.165, 1.54) is 22.4 Å². The van der Waals surface area contributed by atoms with Gasteiger partial charge < -0.3 is 15.0 Å². The summed E-state index contributed by atoms with van der Waals surface area (Å²) in [5, 5.41) is 3.88. The lowest BCUT2D eigenvalue weighted by molar-refractivity contribution is -0.141. The number of hydrogen-bond acceptors (Lipinski definition) is 5. The van der Waals surface area contributed by atoms with Crippen LogP contribution in [-0.4, -0.2) is 56.6 Å². The second-order valence-electron chi connectivity index (χ2n) is 9.94. The summed E-state index contributed by atoms with van der Waals surface area (Å²) in [5.41, 5.74) is 0.573. The summed E-state index contributed by atoms with van der Waals surface area (Å²) in [6.07, 6.45) is 1.30. The van der Waals surface area contributed by atoms with Crippen molar-refractivity contribution >= 4 is 62.3 Å². The molecule has 2 rings (SSSR count). The molecule has 0 saturated heterocycles. The Balaban J connectivity index is 2.24. The number of anilines is 1. The Kier molecular flexibility index (Phi) is 11.2. The number of carbonyl (C=O) groups is 2. The molecule has 0 aliphatic heterocycles. The number of nitrogens with zero attached hydrogens (tertiary/aromatic N) is 2. The fourth-order valence-corrected chi connectivity index (χ4v) is 5.24. The maximum absolute atomic E-state index is 13.4. The standard InChI is InChI=1S/C26H34Cl3N3O5S/c1-17(25(34)30-26(2,3)4)31(16-18-9-11-20(27)21(28)14-18)24(33)8-7-13-32(38(6,35)36)19-10-12-23(37-5)22(29)15-19/h9-12,14-15,17H,7-8,13,16H2,1-6H3,(H,30,34). The largest absolute Gasteiger partial charge is 0.495 e. The molecule has 0 aliphatic rings. The molecule has 2 amide bonds. The minimum absolute atomic E-state index is 0.00433. The molecule has 0 bridgehead atoms. The third-order valence-corrected chi connectivity index (χ3v) is 7.81. The van der Waals surface area contributed by atoms with Crippen LogP contribution < -0.4 is 14.4 Å². The van der Waals surface area contributed by atoms with Gasteiger partial charge in [0.15, 0.2) is 0 Å². The Morgan fingerprint density at radius 1 is 1.03 bits per heavy atom. The Bertz CT molecular complexity index is 1270. The zero-order chi connectivity index (χ0) is 28.8. The van der Waals surface area contributed by atoms with Crippen LogP contribution in [0.25, 0.3) is 0 Å². The number of benzene rings is 2. The van der Waals surface area contributed by atoms with Crippen LogP contribution in [0.3, 0.4) is 0 Å². The summed E-state index contributed by atoms with van der Waals surface area (Å²) in [7, 11) is -2.20. The summed E-state index contributed by atoms with van der Waals surface area (Å²) in [5.74, 6) is -0.204. The van der Waals surface area contributed by atoms with Gasteiger partial charge in [-0.1, -0.05) is 40.9 Å². The van der Waals surface area contributed by atoms with Gasteiger partial charge in [-0.05, 0) is 70.0 Å². The van der Waals surface area contributed by atoms with E-state index in [9.17, 15) is 18.0 Å². The average Bonchev–Trinajstić information content (AvgIpc) is 2.80. The van der Waals surface area contributed by atoms with Gasteiger partial charge in [-0.2, -0.15) is 0 Å². The van der Waals surface area contributed by atoms with Crippen molar-refractivity contribution < 1.29 is 22.7 Å². The molecule has 0 aliphatic carbocycles. The molecule has 0 heterocycles. The van der Waals surface area contributed by atoms with Crippen molar-refractivity contribution in [1.82, 2.24) is 10.2 Å². The SMILES string of the molecule is COc1ccc(N(CCCC(=O)N(Cc2ccc(Cl)c(Cl)c2)C(C)C(=O)NC(C)(C)C)S(C)(=O)=O)cc1Cl. The Hall–Kier alpha value is -2.20. The zero-order valence-corrected chi connectivity index (χ0v) is 25.4. The molecule has 2 aromatic rings. The lowest BCUT2D eigenvalue weighted by Crippen LogP contribution is -2.52. The number of amides is 2. The highest BCUT2D eigenvalue weighted by molar-refractivity contribution is 7.92. The smallest absolute Gasteiger partial charge is 0.242 e. The van der Waals surface area contributed by atoms with E-state index in [0.717, 1.165) is 6.26 Å². The van der Waals surface area contributed by atoms with Gasteiger partial charge in [-0.25, -0.2) is 8.42 Å². The Morgan fingerprint density at radius 3 is 2.21 bits per heavy atom. The lowest BCUT2D eigenvalue weighted by atomic mass is 10.1. The first-order valence-corrected chi connectivity index (χ1v) is 14.9. The number of carbonyl (C=O) groups excluding carboxylic acids is 2. The Morgan fingerprint density at radius 2 is 1.68 bits per heavy atom. The van der Waals surface area contributed by atoms with Crippen molar-refractivity contribution in [3.05, 3.63) is 57.0 Å². The van der Waals surface area contributed by atoms with Crippen molar-refractivity contribution in [3.63, 3.8) is 0 Å². The number of halogens is 3. The van der Waals surface area contributed by atoms with Crippen LogP contribution in [0.15, 0.2) is 36.4 Å². The van der Waals surface area contributed by atoms with Gasteiger partial charge in [-0.15, -0.1) is 0 Å². The minimum atomic E-state index is -3.66. The van der Waals surface area contributed by atoms with E-state index < -0.39 is 21.6 Å². The molecule has 0 radical (unpaired) electrons. The summed E-state index contributed by atoms with van der Waals surface area (Å²) in [6, 6.07) is 8.89. The first kappa shape index (κ1) is 32.0. The van der Waals surface area contributed by atoms with Crippen molar-refractivity contribution in [1.29, 1.82) is 0 Å². The van der Waals surface area contributed by atoms with Crippen LogP contribution in [0.2, 0.25) is 15.1 Å². The van der Waals surface area contributed by atoms with E-state index in [4.69, 9.17) is 39.5 Å². The molecule has 1 atom stereocenters. The van der Waals surface area contributed by atoms with E-state index in [2.05, 4.69) is 5.32 Å². The van der Waals surface area contributed by atoms with Gasteiger partial charge in [0.25, 0.3) is 0 Å². The molecule has 0 spiro atoms. The first-order valence-electron chi connectivity index (χ1n) is 11.9. The summed E-state index contributed by atoms with van der Waals surface area (Å²) in [6.45, 7) is 7.38. The second-order valence-corrected chi connectivity index (χ2v) is 13.1. The number of rotatable bonds is 11. The van der Waals surface area contributed by atoms with Crippen LogP contribution >= 0.6 is 34.8 Å². The minimum Gasteiger partial charge on any atom is -0.495 e. The molecule has 0 saturated carbocycles. The van der Waals surface area contributed by atoms with Crippen molar-refractivity contribution in [2.75, 3.05) is 24.2 Å². The quantitative estimate of drug-likeness (QED) is 0.363. The average molecular weight is 607 g/mol. The summed E-state index contributed by atoms with van der Waals surface area (Å²) < 4.78 is 31.4. The molecule has 0 fully saturated rings. The van der Waals surface area contributed by atoms with Crippen LogP contribution in [-0.2, 0) is 26.2 Å². The normalized spacial score (nSPS) is 12.6. The molecule has 1 N–H and O–H groups in total. The molecule has 2 aromatic carbocycles. The van der Waals surface area contributed by atoms with Gasteiger partial charge in [0.05, 0.1) is 34.1 Å². The van der Waals surface area contributed by atoms with Crippen molar-refractivity contribution in [2.24, 2.45) is 0 Å². The van der Waals surface area contributed by atoms with Crippen LogP contribution in [0.5, 0.6) is 5.75 Å². The second kappa shape index (κ2) is 13.2. The summed E-state index contributed by atoms with van der Waals surface area (Å²) in [4.78, 5) is 27.8. The lowest BCUT2D eigenvalue weighted by Gasteiger charge is -2.32. The molecule has 1 unspecified atom stereocenters. The molecule has 0 aromatic heterocycles. The highest BCUT2D eigenvalue weighted by atomic mass is 35.5. The number of ether oxygens (including phenoxy) is 1. The Labute approximate surface area is 240 Å². The number of nitrogens with one attached hydrogen (secondary N) is 1. The monoisotopic (exact) mass is 605 g/mol. The zero-order valence-electron chi connectivity index (χ0n) is 22.3. The van der Waals surface area contributed by atoms with Gasteiger partial charge in [0, 0.05) is 25.0 Å². The molecular weight excluding hydrogens is 573 g/mol. The van der Waals surface area contributed by atoms with Crippen LogP contribution in [0.1, 0.15) is 46.1 Å². The van der Waals surface area contributed by atoms with E-state index >= 15 is 0 Å². The summed E-state index contributed by atoms with van der Waals surface area (Å²) >= 11 is 18.4. The fraction of sp³-hybridized carbons (Fsp3) is 0.462. The van der Waals surface area contributed by atoms with Crippen molar-refractivity contribution in [2.45, 2.75) is 58.7 Å². The van der Waals surface area contributed by atoms with E-state index in [1.54, 1.807) is 37.3 Å². The number of methoxy groups -OCH3 is 1. The van der Waals surface area contributed by atoms with Gasteiger partial charge in [0.2, 0.25) is 21.8 Å². The van der Waals surface area contributed by atoms with Gasteiger partial charge >= 0.3 is 0 Å². The number of hydrogen-bond donors (Lipinski definition) is 1. The first-order chi connectivity index (χ1) is 17.5. The van der Waals surface area contributed by atoms with Crippen molar-refractivity contribution in [3.8, 4) is 5.75 Å². The predicted molar refractivity (Wildman–Crippen MR) is 154 cm³/mol. The molecular formula is C26H34Cl3N3O5S.